The Kier molecular flexibility index (Phi) is 8.58. The summed E-state index contributed by atoms with van der Waals surface area (Å²) in [4.78, 5) is 32.4. The van der Waals surface area contributed by atoms with E-state index in [-0.39, 0.29) is 18.4 Å². The second-order valence-corrected chi connectivity index (χ2v) is 10.6. The van der Waals surface area contributed by atoms with Gasteiger partial charge in [-0.3, -0.25) is 14.5 Å². The Morgan fingerprint density at radius 1 is 1.21 bits per heavy atom. The van der Waals surface area contributed by atoms with Crippen LogP contribution in [0.15, 0.2) is 59.5 Å². The highest BCUT2D eigenvalue weighted by Crippen LogP contribution is 2.25. The Morgan fingerprint density at radius 2 is 2.10 bits per heavy atom. The Bertz CT molecular complexity index is 1280. The van der Waals surface area contributed by atoms with Gasteiger partial charge in [0.25, 0.3) is 5.91 Å². The summed E-state index contributed by atoms with van der Waals surface area (Å²) in [5.74, 6) is 1.83. The number of oxazole rings is 1. The lowest BCUT2D eigenvalue weighted by molar-refractivity contribution is -0.127. The number of carbonyl (C=O) groups excluding carboxylic acids is 2. The summed E-state index contributed by atoms with van der Waals surface area (Å²) < 4.78 is 11.0. The molecule has 2 N–H and O–H groups in total. The molecule has 3 heterocycles. The quantitative estimate of drug-likeness (QED) is 0.413. The fraction of sp³-hybridized carbons (Fsp3) is 0.433. The molecule has 206 valence electrons. The molecule has 1 fully saturated rings. The average molecular weight is 533 g/mol. The molecule has 2 atom stereocenters. The number of likely N-dealkylation sites (tertiary alicyclic amines) is 1. The molecule has 2 aliphatic heterocycles. The molecule has 2 aromatic carbocycles. The van der Waals surface area contributed by atoms with Gasteiger partial charge in [-0.15, -0.1) is 0 Å². The van der Waals surface area contributed by atoms with Gasteiger partial charge in [-0.25, -0.2) is 4.98 Å². The van der Waals surface area contributed by atoms with E-state index >= 15 is 0 Å². The predicted molar refractivity (Wildman–Crippen MR) is 145 cm³/mol. The molecular weight excluding hydrogens is 496 g/mol. The first kappa shape index (κ1) is 26.9. The number of nitrogens with zero attached hydrogens (tertiary/aromatic N) is 3. The molecular formula is C30H36N4O5. The van der Waals surface area contributed by atoms with Gasteiger partial charge in [-0.2, -0.15) is 0 Å². The second-order valence-electron chi connectivity index (χ2n) is 10.6. The molecule has 2 amide bonds. The molecule has 5 rings (SSSR count). The lowest BCUT2D eigenvalue weighted by atomic mass is 9.97. The maximum atomic E-state index is 12.8. The summed E-state index contributed by atoms with van der Waals surface area (Å²) in [6, 6.07) is 13.7. The minimum Gasteiger partial charge on any atom is -0.486 e. The van der Waals surface area contributed by atoms with E-state index in [2.05, 4.69) is 27.3 Å². The van der Waals surface area contributed by atoms with Crippen molar-refractivity contribution in [3.05, 3.63) is 83.1 Å². The van der Waals surface area contributed by atoms with E-state index in [4.69, 9.17) is 9.15 Å². The summed E-state index contributed by atoms with van der Waals surface area (Å²) >= 11 is 0. The van der Waals surface area contributed by atoms with Crippen LogP contribution in [0.3, 0.4) is 0 Å². The van der Waals surface area contributed by atoms with Gasteiger partial charge >= 0.3 is 0 Å². The monoisotopic (exact) mass is 532 g/mol. The molecule has 1 unspecified atom stereocenters. The van der Waals surface area contributed by atoms with E-state index in [0.717, 1.165) is 56.8 Å². The number of nitrogens with one attached hydrogen (secondary N) is 1. The Balaban J connectivity index is 1.06. The first-order valence-corrected chi connectivity index (χ1v) is 13.6. The van der Waals surface area contributed by atoms with Crippen molar-refractivity contribution in [1.82, 2.24) is 20.1 Å². The maximum Gasteiger partial charge on any atom is 0.251 e. The molecule has 9 heteroatoms. The van der Waals surface area contributed by atoms with Crippen LogP contribution in [-0.4, -0.2) is 70.5 Å². The first-order valence-electron chi connectivity index (χ1n) is 13.6. The fourth-order valence-corrected chi connectivity index (χ4v) is 5.43. The highest BCUT2D eigenvalue weighted by atomic mass is 16.5. The van der Waals surface area contributed by atoms with Crippen molar-refractivity contribution in [3.63, 3.8) is 0 Å². The molecule has 1 aromatic heterocycles. The van der Waals surface area contributed by atoms with E-state index in [1.165, 1.54) is 17.5 Å². The third-order valence-electron chi connectivity index (χ3n) is 7.55. The molecule has 0 radical (unpaired) electrons. The van der Waals surface area contributed by atoms with Gasteiger partial charge in [-0.1, -0.05) is 18.2 Å². The van der Waals surface area contributed by atoms with E-state index in [1.807, 2.05) is 29.2 Å². The standard InChI is InChI=1S/C30H36N4O5/c1-21(35)34-10-7-23(16-34)11-22-3-2-4-25(12-22)30(37)32-14-27(36)18-33-9-8-24-13-28(6-5-26(24)17-33)38-19-29-15-31-20-39-29/h2-6,12-13,15,20,23,27,36H,7-11,14,16-19H2,1H3,(H,32,37)/t23?,27-/m0/s1. The van der Waals surface area contributed by atoms with Crippen LogP contribution in [-0.2, 0) is 30.8 Å². The summed E-state index contributed by atoms with van der Waals surface area (Å²) in [5, 5.41) is 13.5. The lowest BCUT2D eigenvalue weighted by Crippen LogP contribution is -2.42. The average Bonchev–Trinajstić information content (AvgIpc) is 3.63. The van der Waals surface area contributed by atoms with Gasteiger partial charge in [0.2, 0.25) is 5.91 Å². The number of aromatic nitrogens is 1. The van der Waals surface area contributed by atoms with E-state index in [0.29, 0.717) is 30.4 Å². The number of carbonyl (C=O) groups is 2. The first-order chi connectivity index (χ1) is 18.9. The number of aliphatic hydroxyl groups excluding tert-OH is 1. The van der Waals surface area contributed by atoms with Crippen LogP contribution in [0.25, 0.3) is 0 Å². The normalized spacial score (nSPS) is 18.0. The second kappa shape index (κ2) is 12.4. The zero-order valence-electron chi connectivity index (χ0n) is 22.3. The van der Waals surface area contributed by atoms with Crippen molar-refractivity contribution < 1.29 is 23.8 Å². The molecule has 0 saturated carbocycles. The molecule has 9 nitrogen and oxygen atoms in total. The number of aliphatic hydroxyl groups is 1. The summed E-state index contributed by atoms with van der Waals surface area (Å²) in [5.41, 5.74) is 4.15. The number of ether oxygens (including phenoxy) is 1. The van der Waals surface area contributed by atoms with E-state index in [1.54, 1.807) is 19.2 Å². The molecule has 0 spiro atoms. The number of benzene rings is 2. The van der Waals surface area contributed by atoms with Crippen molar-refractivity contribution in [3.8, 4) is 5.75 Å². The zero-order valence-corrected chi connectivity index (χ0v) is 22.3. The number of fused-ring (bicyclic) bond motifs is 1. The molecule has 3 aromatic rings. The topological polar surface area (TPSA) is 108 Å². The molecule has 0 bridgehead atoms. The third-order valence-corrected chi connectivity index (χ3v) is 7.55. The van der Waals surface area contributed by atoms with Crippen molar-refractivity contribution in [2.75, 3.05) is 32.7 Å². The Hall–Kier alpha value is -3.69. The van der Waals surface area contributed by atoms with Gasteiger partial charge in [0.15, 0.2) is 12.2 Å². The summed E-state index contributed by atoms with van der Waals surface area (Å²) in [7, 11) is 0. The predicted octanol–water partition coefficient (Wildman–Crippen LogP) is 2.81. The highest BCUT2D eigenvalue weighted by Gasteiger charge is 2.24. The van der Waals surface area contributed by atoms with Crippen LogP contribution in [0.1, 0.15) is 46.2 Å². The maximum absolute atomic E-state index is 12.8. The number of hydrogen-bond donors (Lipinski definition) is 2. The number of β-amino-alcohol motifs (C(OH)–C–C–N with tert-alkyl or cyclic N) is 1. The lowest BCUT2D eigenvalue weighted by Gasteiger charge is -2.30. The SMILES string of the molecule is CC(=O)N1CCC(Cc2cccc(C(=O)NC[C@H](O)CN3CCc4cc(OCc5cnco5)ccc4C3)c2)C1. The molecule has 0 aliphatic carbocycles. The van der Waals surface area contributed by atoms with Crippen LogP contribution in [0.5, 0.6) is 5.75 Å². The molecule has 2 aliphatic rings. The van der Waals surface area contributed by atoms with Crippen LogP contribution in [0.4, 0.5) is 0 Å². The van der Waals surface area contributed by atoms with Crippen LogP contribution < -0.4 is 10.1 Å². The minimum atomic E-state index is -0.667. The van der Waals surface area contributed by atoms with Gasteiger partial charge in [0.1, 0.15) is 12.4 Å². The van der Waals surface area contributed by atoms with E-state index < -0.39 is 6.10 Å². The largest absolute Gasteiger partial charge is 0.486 e. The van der Waals surface area contributed by atoms with Crippen molar-refractivity contribution >= 4 is 11.8 Å². The third kappa shape index (κ3) is 7.25. The minimum absolute atomic E-state index is 0.122. The number of hydrogen-bond acceptors (Lipinski definition) is 7. The van der Waals surface area contributed by atoms with Crippen molar-refractivity contribution in [1.29, 1.82) is 0 Å². The Labute approximate surface area is 228 Å². The molecule has 39 heavy (non-hydrogen) atoms. The Morgan fingerprint density at radius 3 is 2.90 bits per heavy atom. The van der Waals surface area contributed by atoms with Crippen LogP contribution >= 0.6 is 0 Å². The van der Waals surface area contributed by atoms with Crippen LogP contribution in [0, 0.1) is 5.92 Å². The number of amides is 2. The summed E-state index contributed by atoms with van der Waals surface area (Å²) in [6.45, 7) is 5.78. The van der Waals surface area contributed by atoms with Gasteiger partial charge in [-0.05, 0) is 66.1 Å². The smallest absolute Gasteiger partial charge is 0.251 e. The summed E-state index contributed by atoms with van der Waals surface area (Å²) in [6.07, 6.45) is 5.07. The van der Waals surface area contributed by atoms with Crippen molar-refractivity contribution in [2.45, 2.75) is 45.4 Å². The van der Waals surface area contributed by atoms with Crippen molar-refractivity contribution in [2.24, 2.45) is 5.92 Å². The zero-order chi connectivity index (χ0) is 27.2. The van der Waals surface area contributed by atoms with E-state index in [9.17, 15) is 14.7 Å². The number of rotatable bonds is 10. The fourth-order valence-electron chi connectivity index (χ4n) is 5.43. The highest BCUT2D eigenvalue weighted by molar-refractivity contribution is 5.94. The van der Waals surface area contributed by atoms with Gasteiger partial charge in [0, 0.05) is 51.8 Å². The molecule has 1 saturated heterocycles. The van der Waals surface area contributed by atoms with Crippen LogP contribution in [0.2, 0.25) is 0 Å². The van der Waals surface area contributed by atoms with Gasteiger partial charge in [0.05, 0.1) is 12.3 Å². The van der Waals surface area contributed by atoms with Gasteiger partial charge < -0.3 is 24.5 Å².